The summed E-state index contributed by atoms with van der Waals surface area (Å²) in [7, 11) is -2.43. The number of ether oxygens (including phenoxy) is 1. The maximum absolute atomic E-state index is 13.4. The van der Waals surface area contributed by atoms with Gasteiger partial charge >= 0.3 is 0 Å². The molecule has 1 heterocycles. The van der Waals surface area contributed by atoms with Crippen LogP contribution in [0.5, 0.6) is 5.75 Å². The van der Waals surface area contributed by atoms with E-state index < -0.39 is 22.5 Å². The van der Waals surface area contributed by atoms with Crippen molar-refractivity contribution in [2.45, 2.75) is 11.8 Å². The number of halogens is 1. The monoisotopic (exact) mass is 522 g/mol. The maximum Gasteiger partial charge on any atom is 0.264 e. The number of nitrogens with one attached hydrogen (secondary N) is 1. The first-order valence-electron chi connectivity index (χ1n) is 10.9. The molecule has 0 aliphatic rings. The molecule has 3 aromatic carbocycles. The fourth-order valence-electron chi connectivity index (χ4n) is 3.44. The lowest BCUT2D eigenvalue weighted by molar-refractivity contribution is -0.119. The van der Waals surface area contributed by atoms with Crippen molar-refractivity contribution in [2.75, 3.05) is 18.0 Å². The zero-order chi connectivity index (χ0) is 25.7. The van der Waals surface area contributed by atoms with Gasteiger partial charge < -0.3 is 4.74 Å². The Hall–Kier alpha value is -3.95. The third-order valence-corrected chi connectivity index (χ3v) is 7.43. The molecule has 0 aliphatic carbocycles. The Balaban J connectivity index is 1.54. The molecule has 0 fully saturated rings. The van der Waals surface area contributed by atoms with Crippen molar-refractivity contribution >= 4 is 50.3 Å². The Morgan fingerprint density at radius 3 is 2.50 bits per heavy atom. The van der Waals surface area contributed by atoms with E-state index in [1.807, 2.05) is 13.0 Å². The van der Waals surface area contributed by atoms with E-state index in [0.717, 1.165) is 15.3 Å². The summed E-state index contributed by atoms with van der Waals surface area (Å²) in [4.78, 5) is 17.1. The van der Waals surface area contributed by atoms with Gasteiger partial charge in [0, 0.05) is 17.0 Å². The van der Waals surface area contributed by atoms with Crippen LogP contribution in [0.15, 0.2) is 88.9 Å². The number of para-hydroxylation sites is 1. The number of nitrogens with zero attached hydrogens (tertiary/aromatic N) is 3. The third kappa shape index (κ3) is 5.64. The van der Waals surface area contributed by atoms with Crippen LogP contribution in [-0.2, 0) is 14.8 Å². The summed E-state index contributed by atoms with van der Waals surface area (Å²) in [5.41, 5.74) is 4.80. The molecule has 0 unspecified atom stereocenters. The van der Waals surface area contributed by atoms with Crippen molar-refractivity contribution in [3.8, 4) is 5.75 Å². The number of pyridine rings is 1. The van der Waals surface area contributed by atoms with Crippen molar-refractivity contribution in [3.63, 3.8) is 0 Å². The Labute approximate surface area is 214 Å². The average molecular weight is 523 g/mol. The first-order valence-corrected chi connectivity index (χ1v) is 12.7. The molecule has 8 nitrogen and oxygen atoms in total. The van der Waals surface area contributed by atoms with E-state index in [2.05, 4.69) is 15.5 Å². The van der Waals surface area contributed by atoms with Crippen LogP contribution in [0.3, 0.4) is 0 Å². The molecule has 184 valence electrons. The molecular weight excluding hydrogens is 500 g/mol. The lowest BCUT2D eigenvalue weighted by atomic mass is 10.1. The summed E-state index contributed by atoms with van der Waals surface area (Å²) in [6, 6.07) is 22.0. The first kappa shape index (κ1) is 25.2. The van der Waals surface area contributed by atoms with Gasteiger partial charge in [-0.05, 0) is 49.4 Å². The quantitative estimate of drug-likeness (QED) is 0.208. The number of carbonyl (C=O) groups is 1. The van der Waals surface area contributed by atoms with Crippen molar-refractivity contribution in [1.29, 1.82) is 0 Å². The van der Waals surface area contributed by atoms with Gasteiger partial charge in [0.05, 0.1) is 29.4 Å². The van der Waals surface area contributed by atoms with E-state index in [0.29, 0.717) is 22.5 Å². The highest BCUT2D eigenvalue weighted by molar-refractivity contribution is 7.92. The van der Waals surface area contributed by atoms with E-state index in [4.69, 9.17) is 16.3 Å². The lowest BCUT2D eigenvalue weighted by Gasteiger charge is -2.23. The van der Waals surface area contributed by atoms with Crippen LogP contribution in [-0.4, -0.2) is 39.2 Å². The summed E-state index contributed by atoms with van der Waals surface area (Å²) in [6.45, 7) is 1.39. The van der Waals surface area contributed by atoms with Gasteiger partial charge in [0.1, 0.15) is 17.4 Å². The molecule has 0 aliphatic heterocycles. The maximum atomic E-state index is 13.4. The van der Waals surface area contributed by atoms with Crippen LogP contribution in [0.25, 0.3) is 10.9 Å². The zero-order valence-electron chi connectivity index (χ0n) is 19.6. The van der Waals surface area contributed by atoms with Crippen LogP contribution in [0.2, 0.25) is 5.15 Å². The average Bonchev–Trinajstić information content (AvgIpc) is 2.88. The molecule has 36 heavy (non-hydrogen) atoms. The van der Waals surface area contributed by atoms with E-state index in [1.165, 1.54) is 18.3 Å². The molecule has 0 saturated heterocycles. The number of rotatable bonds is 8. The number of fused-ring (bicyclic) bond motifs is 1. The minimum atomic E-state index is -4.00. The standard InChI is InChI=1S/C26H23ClN4O4S/c1-18-8-12-23(13-9-18)36(33,34)31(21-6-4-3-5-7-21)17-25(32)30-28-16-20-14-19-10-11-22(35-2)15-24(19)29-26(20)27/h3-16H,17H2,1-2H3,(H,30,32)/b28-16-. The number of amides is 1. The smallest absolute Gasteiger partial charge is 0.264 e. The number of aryl methyl sites for hydroxylation is 1. The Morgan fingerprint density at radius 1 is 1.08 bits per heavy atom. The lowest BCUT2D eigenvalue weighted by Crippen LogP contribution is -2.39. The van der Waals surface area contributed by atoms with Gasteiger partial charge in [-0.15, -0.1) is 0 Å². The molecule has 0 saturated carbocycles. The van der Waals surface area contributed by atoms with Crippen molar-refractivity contribution in [2.24, 2.45) is 5.10 Å². The zero-order valence-corrected chi connectivity index (χ0v) is 21.1. The molecular formula is C26H23ClN4O4S. The molecule has 4 rings (SSSR count). The SMILES string of the molecule is COc1ccc2cc(/C=N\NC(=O)CN(c3ccccc3)S(=O)(=O)c3ccc(C)cc3)c(Cl)nc2c1. The number of carbonyl (C=O) groups excluding carboxylic acids is 1. The molecule has 0 radical (unpaired) electrons. The molecule has 4 aromatic rings. The largest absolute Gasteiger partial charge is 0.497 e. The fraction of sp³-hybridized carbons (Fsp3) is 0.115. The minimum Gasteiger partial charge on any atom is -0.497 e. The predicted molar refractivity (Wildman–Crippen MR) is 141 cm³/mol. The van der Waals surface area contributed by atoms with Crippen molar-refractivity contribution in [3.05, 3.63) is 95.1 Å². The van der Waals surface area contributed by atoms with Gasteiger partial charge in [0.2, 0.25) is 0 Å². The molecule has 0 atom stereocenters. The minimum absolute atomic E-state index is 0.0823. The molecule has 0 bridgehead atoms. The number of methoxy groups -OCH3 is 1. The Morgan fingerprint density at radius 2 is 1.81 bits per heavy atom. The number of sulfonamides is 1. The second-order valence-corrected chi connectivity index (χ2v) is 10.1. The number of anilines is 1. The van der Waals surface area contributed by atoms with E-state index in [1.54, 1.807) is 67.8 Å². The number of aromatic nitrogens is 1. The van der Waals surface area contributed by atoms with Gasteiger partial charge in [-0.25, -0.2) is 18.8 Å². The van der Waals surface area contributed by atoms with Crippen LogP contribution in [0, 0.1) is 6.92 Å². The summed E-state index contributed by atoms with van der Waals surface area (Å²) in [6.07, 6.45) is 1.36. The summed E-state index contributed by atoms with van der Waals surface area (Å²) in [5, 5.41) is 4.97. The van der Waals surface area contributed by atoms with Gasteiger partial charge in [0.15, 0.2) is 0 Å². The van der Waals surface area contributed by atoms with Crippen LogP contribution < -0.4 is 14.5 Å². The predicted octanol–water partition coefficient (Wildman–Crippen LogP) is 4.55. The van der Waals surface area contributed by atoms with Crippen LogP contribution >= 0.6 is 11.6 Å². The summed E-state index contributed by atoms with van der Waals surface area (Å²) >= 11 is 6.27. The van der Waals surface area contributed by atoms with Gasteiger partial charge in [0.25, 0.3) is 15.9 Å². The second kappa shape index (κ2) is 10.8. The van der Waals surface area contributed by atoms with E-state index in [-0.39, 0.29) is 10.0 Å². The molecule has 1 aromatic heterocycles. The second-order valence-electron chi connectivity index (χ2n) is 7.88. The normalized spacial score (nSPS) is 11.5. The topological polar surface area (TPSA) is 101 Å². The fourth-order valence-corrected chi connectivity index (χ4v) is 5.06. The van der Waals surface area contributed by atoms with E-state index in [9.17, 15) is 13.2 Å². The molecule has 1 N–H and O–H groups in total. The number of benzene rings is 3. The number of hydrazone groups is 1. The molecule has 1 amide bonds. The summed E-state index contributed by atoms with van der Waals surface area (Å²) in [5.74, 6) is 0.0312. The Bertz CT molecular complexity index is 1530. The highest BCUT2D eigenvalue weighted by Crippen LogP contribution is 2.25. The number of hydrogen-bond acceptors (Lipinski definition) is 6. The molecule has 10 heteroatoms. The molecule has 0 spiro atoms. The van der Waals surface area contributed by atoms with Gasteiger partial charge in [-0.1, -0.05) is 47.5 Å². The van der Waals surface area contributed by atoms with Gasteiger partial charge in [-0.2, -0.15) is 5.10 Å². The third-order valence-electron chi connectivity index (χ3n) is 5.34. The van der Waals surface area contributed by atoms with Crippen molar-refractivity contribution < 1.29 is 17.9 Å². The highest BCUT2D eigenvalue weighted by atomic mass is 35.5. The van der Waals surface area contributed by atoms with E-state index >= 15 is 0 Å². The van der Waals surface area contributed by atoms with Crippen LogP contribution in [0.1, 0.15) is 11.1 Å². The summed E-state index contributed by atoms with van der Waals surface area (Å²) < 4.78 is 33.0. The first-order chi connectivity index (χ1) is 17.3. The van der Waals surface area contributed by atoms with Crippen LogP contribution in [0.4, 0.5) is 5.69 Å². The number of hydrogen-bond donors (Lipinski definition) is 1. The van der Waals surface area contributed by atoms with Gasteiger partial charge in [-0.3, -0.25) is 9.10 Å². The Kier molecular flexibility index (Phi) is 7.52. The van der Waals surface area contributed by atoms with Crippen molar-refractivity contribution in [1.82, 2.24) is 10.4 Å². The highest BCUT2D eigenvalue weighted by Gasteiger charge is 2.27.